The van der Waals surface area contributed by atoms with Crippen LogP contribution in [0.15, 0.2) is 48.5 Å². The Hall–Kier alpha value is -0.970. The summed E-state index contributed by atoms with van der Waals surface area (Å²) in [5, 5.41) is 0. The van der Waals surface area contributed by atoms with E-state index in [9.17, 15) is 0 Å². The van der Waals surface area contributed by atoms with E-state index in [2.05, 4.69) is 0 Å². The third-order valence-electron chi connectivity index (χ3n) is 5.84. The Bertz CT molecular complexity index is 749. The molecule has 0 saturated heterocycles. The second kappa shape index (κ2) is 7.95. The van der Waals surface area contributed by atoms with Crippen LogP contribution in [0.4, 0.5) is 8.78 Å². The maximum atomic E-state index is 16.4. The van der Waals surface area contributed by atoms with Gasteiger partial charge in [-0.05, 0) is 44.2 Å². The molecule has 1 unspecified atom stereocenters. The molecule has 3 heteroatoms. The molecule has 0 aliphatic heterocycles. The Kier molecular flexibility index (Phi) is 6.53. The Morgan fingerprint density at radius 1 is 0.769 bits per heavy atom. The zero-order valence-corrected chi connectivity index (χ0v) is 18.5. The fourth-order valence-corrected chi connectivity index (χ4v) is 4.96. The molecular weight excluding hydrogens is 441 g/mol. The van der Waals surface area contributed by atoms with E-state index in [-0.39, 0.29) is 0 Å². The molecule has 142 valence electrons. The maximum Gasteiger partial charge on any atom is 0.275 e. The third kappa shape index (κ3) is 3.32. The molecule has 0 saturated carbocycles. The molecule has 2 aromatic rings. The highest BCUT2D eigenvalue weighted by atomic mass is 127. The molecule has 2 rings (SSSR count). The highest BCUT2D eigenvalue weighted by Gasteiger charge is 2.63. The van der Waals surface area contributed by atoms with Gasteiger partial charge in [0.15, 0.2) is 0 Å². The minimum absolute atomic E-state index is 0.373. The van der Waals surface area contributed by atoms with Crippen LogP contribution in [0.5, 0.6) is 0 Å². The normalized spacial score (nSPS) is 14.9. The average Bonchev–Trinajstić information content (AvgIpc) is 2.62. The molecule has 0 aliphatic carbocycles. The summed E-state index contributed by atoms with van der Waals surface area (Å²) in [7, 11) is 0. The lowest BCUT2D eigenvalue weighted by Gasteiger charge is -2.48. The maximum absolute atomic E-state index is 16.4. The number of hydrogen-bond acceptors (Lipinski definition) is 0. The highest BCUT2D eigenvalue weighted by molar-refractivity contribution is 14.1. The second-order valence-electron chi connectivity index (χ2n) is 7.26. The van der Waals surface area contributed by atoms with Gasteiger partial charge in [-0.1, -0.05) is 103 Å². The van der Waals surface area contributed by atoms with Crippen LogP contribution in [0.3, 0.4) is 0 Å². The third-order valence-corrected chi connectivity index (χ3v) is 7.90. The van der Waals surface area contributed by atoms with E-state index in [1.54, 1.807) is 0 Å². The number of rotatable bonds is 7. The lowest BCUT2D eigenvalue weighted by Crippen LogP contribution is -2.55. The average molecular weight is 470 g/mol. The van der Waals surface area contributed by atoms with E-state index in [1.165, 1.54) is 0 Å². The number of aryl methyl sites for hydroxylation is 2. The first-order valence-corrected chi connectivity index (χ1v) is 10.5. The van der Waals surface area contributed by atoms with E-state index >= 15 is 8.78 Å². The Balaban J connectivity index is 2.72. The lowest BCUT2D eigenvalue weighted by atomic mass is 9.65. The van der Waals surface area contributed by atoms with Crippen LogP contribution >= 0.6 is 22.6 Å². The van der Waals surface area contributed by atoms with Crippen LogP contribution in [-0.2, 0) is 8.84 Å². The summed E-state index contributed by atoms with van der Waals surface area (Å²) in [5.74, 6) is -2.90. The number of halogens is 3. The van der Waals surface area contributed by atoms with Gasteiger partial charge in [-0.3, -0.25) is 0 Å². The first-order valence-electron chi connectivity index (χ1n) is 9.39. The molecule has 26 heavy (non-hydrogen) atoms. The quantitative estimate of drug-likeness (QED) is 0.287. The monoisotopic (exact) mass is 470 g/mol. The summed E-state index contributed by atoms with van der Waals surface area (Å²) in [6, 6.07) is 15.3. The van der Waals surface area contributed by atoms with Gasteiger partial charge in [0.1, 0.15) is 3.42 Å². The van der Waals surface area contributed by atoms with Gasteiger partial charge in [-0.25, -0.2) is 8.78 Å². The first-order chi connectivity index (χ1) is 12.2. The van der Waals surface area contributed by atoms with Gasteiger partial charge >= 0.3 is 0 Å². The highest BCUT2D eigenvalue weighted by Crippen LogP contribution is 2.59. The van der Waals surface area contributed by atoms with E-state index in [0.717, 1.165) is 16.7 Å². The number of hydrogen-bond donors (Lipinski definition) is 0. The predicted molar refractivity (Wildman–Crippen MR) is 116 cm³/mol. The summed E-state index contributed by atoms with van der Waals surface area (Å²) in [4.78, 5) is 0. The molecule has 1 atom stereocenters. The molecule has 0 fully saturated rings. The van der Waals surface area contributed by atoms with Crippen LogP contribution in [0.1, 0.15) is 62.3 Å². The second-order valence-corrected chi connectivity index (χ2v) is 9.10. The fourth-order valence-electron chi connectivity index (χ4n) is 4.10. The lowest BCUT2D eigenvalue weighted by molar-refractivity contribution is -0.113. The van der Waals surface area contributed by atoms with Crippen molar-refractivity contribution in [1.82, 2.24) is 0 Å². The Morgan fingerprint density at radius 3 is 1.65 bits per heavy atom. The minimum atomic E-state index is -2.90. The van der Waals surface area contributed by atoms with Crippen molar-refractivity contribution in [3.8, 4) is 0 Å². The first kappa shape index (κ1) is 21.3. The summed E-state index contributed by atoms with van der Waals surface area (Å²) in [5.41, 5.74) is 2.30. The number of benzene rings is 2. The van der Waals surface area contributed by atoms with Crippen LogP contribution in [0, 0.1) is 13.8 Å². The van der Waals surface area contributed by atoms with E-state index in [1.807, 2.05) is 106 Å². The van der Waals surface area contributed by atoms with Crippen molar-refractivity contribution in [2.75, 3.05) is 0 Å². The molecular formula is C23H29F2I. The number of alkyl halides is 3. The summed E-state index contributed by atoms with van der Waals surface area (Å²) in [6.45, 7) is 9.58. The van der Waals surface area contributed by atoms with Crippen LogP contribution < -0.4 is 0 Å². The van der Waals surface area contributed by atoms with Gasteiger partial charge < -0.3 is 0 Å². The molecule has 0 heterocycles. The van der Waals surface area contributed by atoms with Gasteiger partial charge in [0.05, 0.1) is 5.41 Å². The van der Waals surface area contributed by atoms with Crippen molar-refractivity contribution in [3.05, 3.63) is 70.8 Å². The van der Waals surface area contributed by atoms with Crippen molar-refractivity contribution < 1.29 is 8.78 Å². The van der Waals surface area contributed by atoms with E-state index < -0.39 is 14.8 Å². The standard InChI is InChI=1S/C23H29F2I/c1-6-21(7-2,19-13-9-11-17(4)15-19)23(24,25)22(26,8-3)20-14-10-12-18(5)16-20/h9-16H,6-8H2,1-5H3. The minimum Gasteiger partial charge on any atom is -0.204 e. The molecule has 0 amide bonds. The van der Waals surface area contributed by atoms with Crippen molar-refractivity contribution in [3.63, 3.8) is 0 Å². The molecule has 0 radical (unpaired) electrons. The SMILES string of the molecule is CCC(I)(c1cccc(C)c1)C(F)(F)C(CC)(CC)c1cccc(C)c1. The molecule has 2 aromatic carbocycles. The summed E-state index contributed by atoms with van der Waals surface area (Å²) in [6.07, 6.45) is 1.17. The van der Waals surface area contributed by atoms with Crippen LogP contribution in [0.2, 0.25) is 0 Å². The van der Waals surface area contributed by atoms with Gasteiger partial charge in [-0.15, -0.1) is 0 Å². The fraction of sp³-hybridized carbons (Fsp3) is 0.478. The van der Waals surface area contributed by atoms with Gasteiger partial charge in [0, 0.05) is 0 Å². The molecule has 0 aliphatic rings. The molecule has 0 spiro atoms. The smallest absolute Gasteiger partial charge is 0.204 e. The summed E-state index contributed by atoms with van der Waals surface area (Å²) < 4.78 is 31.6. The molecule has 0 nitrogen and oxygen atoms in total. The van der Waals surface area contributed by atoms with E-state index in [4.69, 9.17) is 0 Å². The Morgan fingerprint density at radius 2 is 1.23 bits per heavy atom. The summed E-state index contributed by atoms with van der Waals surface area (Å²) >= 11 is 2.02. The predicted octanol–water partition coefficient (Wildman–Crippen LogP) is 7.74. The van der Waals surface area contributed by atoms with Crippen molar-refractivity contribution in [2.45, 2.75) is 68.6 Å². The Labute approximate surface area is 170 Å². The van der Waals surface area contributed by atoms with Crippen molar-refractivity contribution in [1.29, 1.82) is 0 Å². The molecule has 0 bridgehead atoms. The molecule has 0 aromatic heterocycles. The zero-order valence-electron chi connectivity index (χ0n) is 16.4. The van der Waals surface area contributed by atoms with Crippen molar-refractivity contribution in [2.24, 2.45) is 0 Å². The van der Waals surface area contributed by atoms with Crippen molar-refractivity contribution >= 4 is 22.6 Å². The van der Waals surface area contributed by atoms with Gasteiger partial charge in [0.2, 0.25) is 0 Å². The molecule has 0 N–H and O–H groups in total. The van der Waals surface area contributed by atoms with Crippen LogP contribution in [0.25, 0.3) is 0 Å². The zero-order chi connectivity index (χ0) is 19.6. The largest absolute Gasteiger partial charge is 0.275 e. The van der Waals surface area contributed by atoms with E-state index in [0.29, 0.717) is 24.8 Å². The van der Waals surface area contributed by atoms with Gasteiger partial charge in [-0.2, -0.15) is 0 Å². The van der Waals surface area contributed by atoms with Gasteiger partial charge in [0.25, 0.3) is 5.92 Å². The topological polar surface area (TPSA) is 0 Å². The van der Waals surface area contributed by atoms with Crippen LogP contribution in [-0.4, -0.2) is 5.92 Å².